The molecule has 1 aliphatic heterocycles. The molecule has 3 rings (SSSR count). The first-order valence-electron chi connectivity index (χ1n) is 9.93. The van der Waals surface area contributed by atoms with E-state index in [-0.39, 0.29) is 5.91 Å². The van der Waals surface area contributed by atoms with Gasteiger partial charge < -0.3 is 14.5 Å². The van der Waals surface area contributed by atoms with Gasteiger partial charge in [0.1, 0.15) is 15.6 Å². The molecule has 0 radical (unpaired) electrons. The molecule has 1 aromatic heterocycles. The molecule has 0 saturated carbocycles. The van der Waals surface area contributed by atoms with Crippen LogP contribution in [0.15, 0.2) is 18.2 Å². The van der Waals surface area contributed by atoms with E-state index in [1.54, 1.807) is 7.11 Å². The molecule has 2 heterocycles. The van der Waals surface area contributed by atoms with Gasteiger partial charge in [0.2, 0.25) is 0 Å². The molecule has 1 fully saturated rings. The predicted octanol–water partition coefficient (Wildman–Crippen LogP) is 4.42. The highest BCUT2D eigenvalue weighted by Gasteiger charge is 2.27. The van der Waals surface area contributed by atoms with Crippen LogP contribution in [0.4, 0.5) is 0 Å². The highest BCUT2D eigenvalue weighted by Crippen LogP contribution is 2.37. The van der Waals surface area contributed by atoms with E-state index in [0.717, 1.165) is 52.8 Å². The van der Waals surface area contributed by atoms with Crippen LogP contribution in [0.5, 0.6) is 5.75 Å². The van der Waals surface area contributed by atoms with E-state index < -0.39 is 0 Å². The van der Waals surface area contributed by atoms with Gasteiger partial charge in [-0.2, -0.15) is 0 Å². The van der Waals surface area contributed by atoms with Crippen molar-refractivity contribution in [1.82, 2.24) is 14.8 Å². The molecule has 6 heteroatoms. The molecule has 5 nitrogen and oxygen atoms in total. The molecule has 0 aliphatic carbocycles. The Bertz CT molecular complexity index is 836. The summed E-state index contributed by atoms with van der Waals surface area (Å²) in [6.45, 7) is 7.88. The standard InChI is InChI=1S/C22H31N3O2S/c1-14(2)16-7-8-19(27-6)18(13-16)21-23-15(3)20(28-21)22(26)25-11-9-17(10-12-25)24(4)5/h7-8,13-14,17H,9-12H2,1-6H3. The summed E-state index contributed by atoms with van der Waals surface area (Å²) in [6.07, 6.45) is 2.04. The Labute approximate surface area is 172 Å². The SMILES string of the molecule is COc1ccc(C(C)C)cc1-c1nc(C)c(C(=O)N2CCC(N(C)C)CC2)s1. The number of nitrogens with zero attached hydrogens (tertiary/aromatic N) is 3. The van der Waals surface area contributed by atoms with Crippen LogP contribution in [0.25, 0.3) is 10.6 Å². The lowest BCUT2D eigenvalue weighted by Gasteiger charge is -2.35. The number of ether oxygens (including phenoxy) is 1. The van der Waals surface area contributed by atoms with E-state index in [4.69, 9.17) is 9.72 Å². The van der Waals surface area contributed by atoms with Crippen molar-refractivity contribution in [3.8, 4) is 16.3 Å². The third-order valence-corrected chi connectivity index (χ3v) is 6.77. The highest BCUT2D eigenvalue weighted by molar-refractivity contribution is 7.17. The average molecular weight is 402 g/mol. The molecular formula is C22H31N3O2S. The zero-order valence-electron chi connectivity index (χ0n) is 17.8. The van der Waals surface area contributed by atoms with Gasteiger partial charge in [-0.15, -0.1) is 11.3 Å². The molecule has 0 atom stereocenters. The fourth-order valence-electron chi connectivity index (χ4n) is 3.69. The number of carbonyl (C=O) groups is 1. The van der Waals surface area contributed by atoms with Gasteiger partial charge in [-0.3, -0.25) is 4.79 Å². The number of thiazole rings is 1. The fraction of sp³-hybridized carbons (Fsp3) is 0.545. The van der Waals surface area contributed by atoms with Gasteiger partial charge in [-0.1, -0.05) is 19.9 Å². The lowest BCUT2D eigenvalue weighted by Crippen LogP contribution is -2.44. The topological polar surface area (TPSA) is 45.7 Å². The summed E-state index contributed by atoms with van der Waals surface area (Å²) in [5.74, 6) is 1.33. The molecule has 0 unspecified atom stereocenters. The highest BCUT2D eigenvalue weighted by atomic mass is 32.1. The van der Waals surface area contributed by atoms with Crippen molar-refractivity contribution in [3.63, 3.8) is 0 Å². The van der Waals surface area contributed by atoms with Crippen molar-refractivity contribution >= 4 is 17.2 Å². The maximum absolute atomic E-state index is 13.1. The van der Waals surface area contributed by atoms with Crippen LogP contribution >= 0.6 is 11.3 Å². The maximum Gasteiger partial charge on any atom is 0.265 e. The van der Waals surface area contributed by atoms with Crippen molar-refractivity contribution in [3.05, 3.63) is 34.3 Å². The summed E-state index contributed by atoms with van der Waals surface area (Å²) in [7, 11) is 5.90. The average Bonchev–Trinajstić information content (AvgIpc) is 3.08. The first-order valence-corrected chi connectivity index (χ1v) is 10.7. The van der Waals surface area contributed by atoms with Gasteiger partial charge in [0.05, 0.1) is 18.4 Å². The number of amides is 1. The second kappa shape index (κ2) is 8.62. The Morgan fingerprint density at radius 1 is 1.29 bits per heavy atom. The van der Waals surface area contributed by atoms with Gasteiger partial charge in [0.15, 0.2) is 0 Å². The summed E-state index contributed by atoms with van der Waals surface area (Å²) in [4.78, 5) is 22.8. The number of hydrogen-bond acceptors (Lipinski definition) is 5. The molecule has 0 bridgehead atoms. The van der Waals surface area contributed by atoms with Gasteiger partial charge >= 0.3 is 0 Å². The number of aromatic nitrogens is 1. The summed E-state index contributed by atoms with van der Waals surface area (Å²) in [5, 5.41) is 0.850. The van der Waals surface area contributed by atoms with E-state index in [0.29, 0.717) is 12.0 Å². The zero-order chi connectivity index (χ0) is 20.4. The molecule has 1 aliphatic rings. The van der Waals surface area contributed by atoms with Gasteiger partial charge in [0.25, 0.3) is 5.91 Å². The third-order valence-electron chi connectivity index (χ3n) is 5.59. The van der Waals surface area contributed by atoms with Crippen LogP contribution in [0.2, 0.25) is 0 Å². The number of benzene rings is 1. The zero-order valence-corrected chi connectivity index (χ0v) is 18.6. The van der Waals surface area contributed by atoms with E-state index in [9.17, 15) is 4.79 Å². The number of rotatable bonds is 5. The summed E-state index contributed by atoms with van der Waals surface area (Å²) in [5.41, 5.74) is 3.01. The van der Waals surface area contributed by atoms with E-state index in [2.05, 4.69) is 45.0 Å². The normalized spacial score (nSPS) is 15.5. The van der Waals surface area contributed by atoms with E-state index in [1.807, 2.05) is 17.9 Å². The number of likely N-dealkylation sites (tertiary alicyclic amines) is 1. The number of hydrogen-bond donors (Lipinski definition) is 0. The molecule has 28 heavy (non-hydrogen) atoms. The quantitative estimate of drug-likeness (QED) is 0.744. The first-order chi connectivity index (χ1) is 13.3. The summed E-state index contributed by atoms with van der Waals surface area (Å²) >= 11 is 1.48. The number of aryl methyl sites for hydroxylation is 1. The Morgan fingerprint density at radius 2 is 1.96 bits per heavy atom. The smallest absolute Gasteiger partial charge is 0.265 e. The Morgan fingerprint density at radius 3 is 2.54 bits per heavy atom. The van der Waals surface area contributed by atoms with Gasteiger partial charge in [-0.05, 0) is 57.5 Å². The molecular weight excluding hydrogens is 370 g/mol. The van der Waals surface area contributed by atoms with Crippen molar-refractivity contribution < 1.29 is 9.53 Å². The second-order valence-corrected chi connectivity index (χ2v) is 9.03. The largest absolute Gasteiger partial charge is 0.496 e. The van der Waals surface area contributed by atoms with E-state index >= 15 is 0 Å². The minimum absolute atomic E-state index is 0.109. The fourth-order valence-corrected chi connectivity index (χ4v) is 4.75. The number of methoxy groups -OCH3 is 1. The van der Waals surface area contributed by atoms with Gasteiger partial charge in [-0.25, -0.2) is 4.98 Å². The molecule has 1 saturated heterocycles. The lowest BCUT2D eigenvalue weighted by molar-refractivity contribution is 0.0667. The lowest BCUT2D eigenvalue weighted by atomic mass is 10.0. The third kappa shape index (κ3) is 4.23. The van der Waals surface area contributed by atoms with Gasteiger partial charge in [0, 0.05) is 19.1 Å². The molecule has 1 amide bonds. The molecule has 0 N–H and O–H groups in total. The minimum atomic E-state index is 0.109. The van der Waals surface area contributed by atoms with Crippen LogP contribution in [-0.2, 0) is 0 Å². The van der Waals surface area contributed by atoms with Crippen molar-refractivity contribution in [2.24, 2.45) is 0 Å². The molecule has 2 aromatic rings. The summed E-state index contributed by atoms with van der Waals surface area (Å²) < 4.78 is 5.56. The van der Waals surface area contributed by atoms with Crippen LogP contribution in [-0.4, -0.2) is 61.0 Å². The Balaban J connectivity index is 1.86. The maximum atomic E-state index is 13.1. The minimum Gasteiger partial charge on any atom is -0.496 e. The Hall–Kier alpha value is -1.92. The molecule has 152 valence electrons. The van der Waals surface area contributed by atoms with Crippen LogP contribution < -0.4 is 4.74 Å². The van der Waals surface area contributed by atoms with Crippen LogP contribution in [0.1, 0.15) is 53.5 Å². The van der Waals surface area contributed by atoms with Crippen LogP contribution in [0.3, 0.4) is 0 Å². The van der Waals surface area contributed by atoms with Crippen molar-refractivity contribution in [2.75, 3.05) is 34.3 Å². The first kappa shape index (κ1) is 20.8. The molecule has 1 aromatic carbocycles. The van der Waals surface area contributed by atoms with E-state index in [1.165, 1.54) is 16.9 Å². The number of carbonyl (C=O) groups excluding carboxylic acids is 1. The van der Waals surface area contributed by atoms with Crippen molar-refractivity contribution in [2.45, 2.75) is 45.6 Å². The Kier molecular flexibility index (Phi) is 6.40. The molecule has 0 spiro atoms. The second-order valence-electron chi connectivity index (χ2n) is 8.03. The van der Waals surface area contributed by atoms with Crippen LogP contribution in [0, 0.1) is 6.92 Å². The van der Waals surface area contributed by atoms with Crippen molar-refractivity contribution in [1.29, 1.82) is 0 Å². The number of piperidine rings is 1. The summed E-state index contributed by atoms with van der Waals surface area (Å²) in [6, 6.07) is 6.78. The monoisotopic (exact) mass is 401 g/mol. The predicted molar refractivity (Wildman–Crippen MR) is 116 cm³/mol.